The Kier molecular flexibility index (Phi) is 7.50. The van der Waals surface area contributed by atoms with Crippen LogP contribution in [0.1, 0.15) is 77.3 Å². The van der Waals surface area contributed by atoms with Crippen LogP contribution in [0.5, 0.6) is 0 Å². The van der Waals surface area contributed by atoms with E-state index in [1.807, 2.05) is 70.2 Å². The molecule has 0 atom stereocenters. The molecule has 1 aliphatic carbocycles. The maximum atomic E-state index is 12.9. The first-order valence-corrected chi connectivity index (χ1v) is 12.3. The third-order valence-corrected chi connectivity index (χ3v) is 7.55. The maximum Gasteiger partial charge on any atom is 0.323 e. The summed E-state index contributed by atoms with van der Waals surface area (Å²) < 4.78 is 0. The number of carbonyl (C=O) groups is 2. The molecular formula is C28H39N3O4. The lowest BCUT2D eigenvalue weighted by Gasteiger charge is -2.44. The van der Waals surface area contributed by atoms with E-state index in [4.69, 9.17) is 5.73 Å². The van der Waals surface area contributed by atoms with Crippen LogP contribution in [0, 0.1) is 6.92 Å². The summed E-state index contributed by atoms with van der Waals surface area (Å²) in [6.07, 6.45) is 3.77. The third kappa shape index (κ3) is 5.96. The standard InChI is InChI=1S/C28H39N3O4/c1-6-28(15-13-27(5,35)14-16-28)30-21-12-11-20(26(3,4)18-24(32)33)17-23(21)31(25(29)34)22-10-8-7-9-19(22)2/h7-12,17,30,35H,6,13-16,18H2,1-5H3,(H2,29,34)(H,32,33). The van der Waals surface area contributed by atoms with E-state index in [-0.39, 0.29) is 12.0 Å². The number of rotatable bonds is 8. The molecule has 1 fully saturated rings. The summed E-state index contributed by atoms with van der Waals surface area (Å²) in [6, 6.07) is 12.7. The number of hydrogen-bond acceptors (Lipinski definition) is 4. The Morgan fingerprint density at radius 2 is 1.71 bits per heavy atom. The molecule has 5 N–H and O–H groups in total. The summed E-state index contributed by atoms with van der Waals surface area (Å²) in [4.78, 5) is 25.9. The second kappa shape index (κ2) is 9.90. The minimum atomic E-state index is -0.886. The highest BCUT2D eigenvalue weighted by Gasteiger charge is 2.39. The van der Waals surface area contributed by atoms with Crippen molar-refractivity contribution < 1.29 is 19.8 Å². The van der Waals surface area contributed by atoms with Crippen LogP contribution < -0.4 is 16.0 Å². The van der Waals surface area contributed by atoms with Crippen LogP contribution >= 0.6 is 0 Å². The van der Waals surface area contributed by atoms with Gasteiger partial charge in [-0.2, -0.15) is 0 Å². The number of carbonyl (C=O) groups excluding carboxylic acids is 1. The van der Waals surface area contributed by atoms with E-state index < -0.39 is 23.0 Å². The second-order valence-electron chi connectivity index (χ2n) is 10.9. The minimum Gasteiger partial charge on any atom is -0.481 e. The molecule has 0 aliphatic heterocycles. The van der Waals surface area contributed by atoms with E-state index in [9.17, 15) is 19.8 Å². The van der Waals surface area contributed by atoms with Crippen LogP contribution in [-0.4, -0.2) is 33.4 Å². The number of urea groups is 1. The predicted octanol–water partition coefficient (Wildman–Crippen LogP) is 5.85. The third-order valence-electron chi connectivity index (χ3n) is 7.55. The fourth-order valence-corrected chi connectivity index (χ4v) is 5.02. The lowest BCUT2D eigenvalue weighted by molar-refractivity contribution is -0.138. The van der Waals surface area contributed by atoms with Gasteiger partial charge in [-0.3, -0.25) is 9.69 Å². The van der Waals surface area contributed by atoms with Crippen molar-refractivity contribution in [3.63, 3.8) is 0 Å². The molecule has 1 saturated carbocycles. The summed E-state index contributed by atoms with van der Waals surface area (Å²) in [6.45, 7) is 9.70. The number of hydrogen-bond donors (Lipinski definition) is 4. The second-order valence-corrected chi connectivity index (χ2v) is 10.9. The van der Waals surface area contributed by atoms with Gasteiger partial charge in [0.05, 0.1) is 29.1 Å². The van der Waals surface area contributed by atoms with E-state index in [0.717, 1.165) is 36.1 Å². The average Bonchev–Trinajstić information content (AvgIpc) is 2.77. The Morgan fingerprint density at radius 3 is 2.26 bits per heavy atom. The zero-order valence-electron chi connectivity index (χ0n) is 21.5. The number of primary amides is 1. The van der Waals surface area contributed by atoms with Crippen molar-refractivity contribution in [3.05, 3.63) is 53.6 Å². The van der Waals surface area contributed by atoms with Crippen molar-refractivity contribution >= 4 is 29.1 Å². The molecule has 0 aromatic heterocycles. The number of nitrogens with two attached hydrogens (primary N) is 1. The Hall–Kier alpha value is -3.06. The smallest absolute Gasteiger partial charge is 0.323 e. The molecular weight excluding hydrogens is 442 g/mol. The van der Waals surface area contributed by atoms with Crippen LogP contribution in [0.15, 0.2) is 42.5 Å². The molecule has 0 heterocycles. The SMILES string of the molecule is CCC1(Nc2ccc(C(C)(C)CC(=O)O)cc2N(C(N)=O)c2ccccc2C)CCC(C)(O)CC1. The van der Waals surface area contributed by atoms with Crippen molar-refractivity contribution in [1.82, 2.24) is 0 Å². The number of aliphatic hydroxyl groups is 1. The molecule has 0 spiro atoms. The highest BCUT2D eigenvalue weighted by molar-refractivity contribution is 6.02. The normalized spacial score (nSPS) is 22.5. The molecule has 35 heavy (non-hydrogen) atoms. The van der Waals surface area contributed by atoms with Crippen molar-refractivity contribution in [2.75, 3.05) is 10.2 Å². The topological polar surface area (TPSA) is 116 Å². The predicted molar refractivity (Wildman–Crippen MR) is 140 cm³/mol. The largest absolute Gasteiger partial charge is 0.481 e. The van der Waals surface area contributed by atoms with Gasteiger partial charge in [-0.05, 0) is 75.3 Å². The van der Waals surface area contributed by atoms with Gasteiger partial charge in [-0.25, -0.2) is 4.79 Å². The summed E-state index contributed by atoms with van der Waals surface area (Å²) in [7, 11) is 0. The molecule has 0 saturated heterocycles. The van der Waals surface area contributed by atoms with E-state index in [0.29, 0.717) is 24.2 Å². The van der Waals surface area contributed by atoms with Gasteiger partial charge in [0.25, 0.3) is 0 Å². The molecule has 1 aliphatic rings. The Bertz CT molecular complexity index is 1080. The Balaban J connectivity index is 2.15. The number of aliphatic carboxylic acids is 1. The number of carboxylic acid groups (broad SMARTS) is 1. The van der Waals surface area contributed by atoms with Crippen LogP contribution in [0.25, 0.3) is 0 Å². The monoisotopic (exact) mass is 481 g/mol. The zero-order chi connectivity index (χ0) is 26.0. The summed E-state index contributed by atoms with van der Waals surface area (Å²) in [5.41, 5.74) is 8.11. The number of amides is 2. The van der Waals surface area contributed by atoms with Gasteiger partial charge in [-0.1, -0.05) is 45.0 Å². The molecule has 3 rings (SSSR count). The molecule has 0 radical (unpaired) electrons. The molecule has 0 bridgehead atoms. The molecule has 190 valence electrons. The number of para-hydroxylation sites is 1. The lowest BCUT2D eigenvalue weighted by atomic mass is 9.73. The molecule has 2 aromatic rings. The minimum absolute atomic E-state index is 0.0475. The van der Waals surface area contributed by atoms with Gasteiger partial charge >= 0.3 is 12.0 Å². The number of benzene rings is 2. The summed E-state index contributed by atoms with van der Waals surface area (Å²) in [5.74, 6) is -0.886. The lowest BCUT2D eigenvalue weighted by Crippen LogP contribution is -2.46. The van der Waals surface area contributed by atoms with Crippen LogP contribution in [0.3, 0.4) is 0 Å². The van der Waals surface area contributed by atoms with Crippen molar-refractivity contribution in [2.24, 2.45) is 5.73 Å². The highest BCUT2D eigenvalue weighted by Crippen LogP contribution is 2.43. The van der Waals surface area contributed by atoms with E-state index in [1.165, 1.54) is 4.90 Å². The van der Waals surface area contributed by atoms with Gasteiger partial charge in [0.1, 0.15) is 0 Å². The number of anilines is 3. The first-order valence-electron chi connectivity index (χ1n) is 12.3. The van der Waals surface area contributed by atoms with Crippen LogP contribution in [0.4, 0.5) is 21.9 Å². The number of aryl methyl sites for hydroxylation is 1. The van der Waals surface area contributed by atoms with E-state index in [1.54, 1.807) is 0 Å². The summed E-state index contributed by atoms with van der Waals surface area (Å²) >= 11 is 0. The number of carboxylic acids is 1. The quantitative estimate of drug-likeness (QED) is 0.377. The van der Waals surface area contributed by atoms with Gasteiger partial charge in [0, 0.05) is 11.0 Å². The van der Waals surface area contributed by atoms with Crippen molar-refractivity contribution in [2.45, 2.75) is 89.7 Å². The van der Waals surface area contributed by atoms with Gasteiger partial charge < -0.3 is 21.3 Å². The van der Waals surface area contributed by atoms with Gasteiger partial charge in [0.2, 0.25) is 0 Å². The van der Waals surface area contributed by atoms with Gasteiger partial charge in [0.15, 0.2) is 0 Å². The molecule has 7 heteroatoms. The van der Waals surface area contributed by atoms with Crippen LogP contribution in [-0.2, 0) is 10.2 Å². The highest BCUT2D eigenvalue weighted by atomic mass is 16.4. The van der Waals surface area contributed by atoms with Gasteiger partial charge in [-0.15, -0.1) is 0 Å². The fourth-order valence-electron chi connectivity index (χ4n) is 5.02. The zero-order valence-corrected chi connectivity index (χ0v) is 21.5. The number of nitrogens with one attached hydrogen (secondary N) is 1. The maximum absolute atomic E-state index is 12.9. The van der Waals surface area contributed by atoms with Crippen LogP contribution in [0.2, 0.25) is 0 Å². The Labute approximate surface area is 208 Å². The summed E-state index contributed by atoms with van der Waals surface area (Å²) in [5, 5.41) is 23.7. The first-order chi connectivity index (χ1) is 16.3. The molecule has 0 unspecified atom stereocenters. The molecule has 7 nitrogen and oxygen atoms in total. The van der Waals surface area contributed by atoms with E-state index >= 15 is 0 Å². The first kappa shape index (κ1) is 26.5. The molecule has 2 aromatic carbocycles. The average molecular weight is 482 g/mol. The number of nitrogens with zero attached hydrogens (tertiary/aromatic N) is 1. The Morgan fingerprint density at radius 1 is 1.09 bits per heavy atom. The van der Waals surface area contributed by atoms with Crippen molar-refractivity contribution in [3.8, 4) is 0 Å². The molecule has 2 amide bonds. The fraction of sp³-hybridized carbons (Fsp3) is 0.500. The van der Waals surface area contributed by atoms with E-state index in [2.05, 4.69) is 12.2 Å². The van der Waals surface area contributed by atoms with Crippen molar-refractivity contribution in [1.29, 1.82) is 0 Å².